The van der Waals surface area contributed by atoms with E-state index in [0.29, 0.717) is 35.2 Å². The second kappa shape index (κ2) is 12.5. The molecule has 0 saturated heterocycles. The summed E-state index contributed by atoms with van der Waals surface area (Å²) in [4.78, 5) is 24.2. The number of hydrogen-bond donors (Lipinski definition) is 2. The average molecular weight is 623 g/mol. The monoisotopic (exact) mass is 622 g/mol. The number of aliphatic carboxylic acids is 1. The molecule has 1 amide bonds. The van der Waals surface area contributed by atoms with E-state index >= 15 is 0 Å². The Hall–Kier alpha value is -4.64. The standard InChI is InChI=1S/C33H29F3N2O5S/c34-33(35,36)27-11-5-10-25(19-27)24-14-16-28(17-15-24)44(42,43)38-29-12-2-1-9-26(29)20-30(38)32(41)37-21-23-8-3-6-22(18-23)7-4-13-31(39)40/h1-3,5-6,8-12,14-19,30H,4,7,13,20-21H2,(H,37,41)(H,39,40)/t30-/m0/s1. The van der Waals surface area contributed by atoms with Crippen molar-refractivity contribution in [2.75, 3.05) is 4.31 Å². The molecule has 0 unspecified atom stereocenters. The number of benzene rings is 4. The van der Waals surface area contributed by atoms with Crippen molar-refractivity contribution in [3.63, 3.8) is 0 Å². The Balaban J connectivity index is 1.36. The van der Waals surface area contributed by atoms with Gasteiger partial charge in [-0.05, 0) is 71.0 Å². The number of carboxylic acids is 1. The van der Waals surface area contributed by atoms with Gasteiger partial charge in [-0.25, -0.2) is 8.42 Å². The molecule has 0 spiro atoms. The zero-order valence-electron chi connectivity index (χ0n) is 23.4. The van der Waals surface area contributed by atoms with Crippen molar-refractivity contribution in [3.05, 3.63) is 119 Å². The van der Waals surface area contributed by atoms with Crippen LogP contribution in [0.4, 0.5) is 18.9 Å². The number of carbonyl (C=O) groups is 2. The molecule has 5 rings (SSSR count). The van der Waals surface area contributed by atoms with Gasteiger partial charge in [-0.1, -0.05) is 66.7 Å². The maximum absolute atomic E-state index is 14.0. The highest BCUT2D eigenvalue weighted by Gasteiger charge is 2.42. The molecule has 1 aliphatic rings. The Morgan fingerprint density at radius 3 is 2.30 bits per heavy atom. The van der Waals surface area contributed by atoms with Crippen LogP contribution in [-0.2, 0) is 45.2 Å². The van der Waals surface area contributed by atoms with E-state index in [-0.39, 0.29) is 24.3 Å². The van der Waals surface area contributed by atoms with Gasteiger partial charge in [0, 0.05) is 19.4 Å². The minimum absolute atomic E-state index is 0.0570. The fourth-order valence-electron chi connectivity index (χ4n) is 5.31. The Morgan fingerprint density at radius 2 is 1.57 bits per heavy atom. The van der Waals surface area contributed by atoms with Gasteiger partial charge in [0.05, 0.1) is 16.1 Å². The van der Waals surface area contributed by atoms with E-state index in [1.54, 1.807) is 24.3 Å². The lowest BCUT2D eigenvalue weighted by Gasteiger charge is -2.26. The fraction of sp³-hybridized carbons (Fsp3) is 0.212. The van der Waals surface area contributed by atoms with Crippen LogP contribution in [0.25, 0.3) is 11.1 Å². The van der Waals surface area contributed by atoms with E-state index in [9.17, 15) is 31.2 Å². The number of alkyl halides is 3. The molecule has 4 aromatic rings. The maximum Gasteiger partial charge on any atom is 0.416 e. The highest BCUT2D eigenvalue weighted by molar-refractivity contribution is 7.93. The third-order valence-electron chi connectivity index (χ3n) is 7.48. The van der Waals surface area contributed by atoms with Gasteiger partial charge in [0.25, 0.3) is 10.0 Å². The molecule has 0 bridgehead atoms. The molecule has 11 heteroatoms. The smallest absolute Gasteiger partial charge is 0.416 e. The average Bonchev–Trinajstić information content (AvgIpc) is 3.40. The SMILES string of the molecule is O=C(O)CCCc1cccc(CNC(=O)[C@@H]2Cc3ccccc3N2S(=O)(=O)c2ccc(-c3cccc(C(F)(F)F)c3)cc2)c1. The molecule has 0 radical (unpaired) electrons. The quantitative estimate of drug-likeness (QED) is 0.219. The maximum atomic E-state index is 14.0. The normalized spacial score (nSPS) is 14.7. The molecule has 7 nitrogen and oxygen atoms in total. The lowest BCUT2D eigenvalue weighted by molar-refractivity contribution is -0.138. The number of sulfonamides is 1. The Bertz CT molecular complexity index is 1790. The van der Waals surface area contributed by atoms with Gasteiger partial charge in [0.2, 0.25) is 5.91 Å². The molecule has 44 heavy (non-hydrogen) atoms. The zero-order valence-corrected chi connectivity index (χ0v) is 24.2. The first-order valence-corrected chi connectivity index (χ1v) is 15.3. The zero-order chi connectivity index (χ0) is 31.5. The van der Waals surface area contributed by atoms with Gasteiger partial charge in [-0.2, -0.15) is 13.2 Å². The van der Waals surface area contributed by atoms with Gasteiger partial charge in [-0.15, -0.1) is 0 Å². The summed E-state index contributed by atoms with van der Waals surface area (Å²) in [7, 11) is -4.24. The molecule has 1 heterocycles. The number of anilines is 1. The van der Waals surface area contributed by atoms with Crippen molar-refractivity contribution in [1.29, 1.82) is 0 Å². The summed E-state index contributed by atoms with van der Waals surface area (Å²) in [5.74, 6) is -1.35. The van der Waals surface area contributed by atoms with E-state index < -0.39 is 39.7 Å². The Kier molecular flexibility index (Phi) is 8.78. The first-order valence-electron chi connectivity index (χ1n) is 13.9. The summed E-state index contributed by atoms with van der Waals surface area (Å²) >= 11 is 0. The number of hydrogen-bond acceptors (Lipinski definition) is 4. The van der Waals surface area contributed by atoms with Gasteiger partial charge in [0.1, 0.15) is 6.04 Å². The van der Waals surface area contributed by atoms with Crippen LogP contribution in [0.1, 0.15) is 35.1 Å². The third kappa shape index (κ3) is 6.78. The van der Waals surface area contributed by atoms with Gasteiger partial charge in [-0.3, -0.25) is 13.9 Å². The number of fused-ring (bicyclic) bond motifs is 1. The molecule has 0 fully saturated rings. The predicted molar refractivity (Wildman–Crippen MR) is 159 cm³/mol. The summed E-state index contributed by atoms with van der Waals surface area (Å²) in [5, 5.41) is 11.7. The predicted octanol–water partition coefficient (Wildman–Crippen LogP) is 6.22. The highest BCUT2D eigenvalue weighted by Crippen LogP contribution is 2.38. The second-order valence-electron chi connectivity index (χ2n) is 10.5. The summed E-state index contributed by atoms with van der Waals surface area (Å²) in [6, 6.07) is 23.6. The van der Waals surface area contributed by atoms with Crippen molar-refractivity contribution < 1.29 is 36.3 Å². The molecule has 1 aliphatic heterocycles. The van der Waals surface area contributed by atoms with Crippen molar-refractivity contribution >= 4 is 27.6 Å². The number of amides is 1. The van der Waals surface area contributed by atoms with Crippen LogP contribution in [0, 0.1) is 0 Å². The molecule has 0 aliphatic carbocycles. The van der Waals surface area contributed by atoms with Crippen LogP contribution < -0.4 is 9.62 Å². The molecule has 0 aromatic heterocycles. The van der Waals surface area contributed by atoms with E-state index in [4.69, 9.17) is 5.11 Å². The van der Waals surface area contributed by atoms with Gasteiger partial charge < -0.3 is 10.4 Å². The number of nitrogens with one attached hydrogen (secondary N) is 1. The highest BCUT2D eigenvalue weighted by atomic mass is 32.2. The largest absolute Gasteiger partial charge is 0.481 e. The minimum Gasteiger partial charge on any atom is -0.481 e. The number of para-hydroxylation sites is 1. The lowest BCUT2D eigenvalue weighted by atomic mass is 10.0. The number of nitrogens with zero attached hydrogens (tertiary/aromatic N) is 1. The van der Waals surface area contributed by atoms with Crippen molar-refractivity contribution in [1.82, 2.24) is 5.32 Å². The van der Waals surface area contributed by atoms with Crippen molar-refractivity contribution in [3.8, 4) is 11.1 Å². The van der Waals surface area contributed by atoms with Crippen LogP contribution in [0.3, 0.4) is 0 Å². The molecular weight excluding hydrogens is 593 g/mol. The topological polar surface area (TPSA) is 104 Å². The molecule has 228 valence electrons. The summed E-state index contributed by atoms with van der Waals surface area (Å²) in [6.07, 6.45) is -3.23. The Labute approximate surface area is 253 Å². The molecule has 0 saturated carbocycles. The van der Waals surface area contributed by atoms with E-state index in [1.807, 2.05) is 24.3 Å². The lowest BCUT2D eigenvalue weighted by Crippen LogP contribution is -2.47. The molecular formula is C33H29F3N2O5S. The first-order chi connectivity index (χ1) is 20.9. The number of aryl methyl sites for hydroxylation is 1. The number of halogens is 3. The minimum atomic E-state index is -4.51. The van der Waals surface area contributed by atoms with Gasteiger partial charge in [0.15, 0.2) is 0 Å². The van der Waals surface area contributed by atoms with Crippen LogP contribution in [0.5, 0.6) is 0 Å². The van der Waals surface area contributed by atoms with Crippen LogP contribution in [0.2, 0.25) is 0 Å². The van der Waals surface area contributed by atoms with Crippen molar-refractivity contribution in [2.24, 2.45) is 0 Å². The van der Waals surface area contributed by atoms with Crippen LogP contribution in [0.15, 0.2) is 102 Å². The first kappa shape index (κ1) is 30.8. The molecule has 4 aromatic carbocycles. The number of rotatable bonds is 10. The fourth-order valence-corrected chi connectivity index (χ4v) is 6.96. The molecule has 1 atom stereocenters. The summed E-state index contributed by atoms with van der Waals surface area (Å²) < 4.78 is 68.7. The van der Waals surface area contributed by atoms with Crippen LogP contribution >= 0.6 is 0 Å². The van der Waals surface area contributed by atoms with Crippen molar-refractivity contribution in [2.45, 2.75) is 49.3 Å². The van der Waals surface area contributed by atoms with Gasteiger partial charge >= 0.3 is 12.1 Å². The number of carboxylic acid groups (broad SMARTS) is 1. The second-order valence-corrected chi connectivity index (χ2v) is 12.4. The van der Waals surface area contributed by atoms with Crippen LogP contribution in [-0.4, -0.2) is 31.4 Å². The molecule has 2 N–H and O–H groups in total. The number of carbonyl (C=O) groups excluding carboxylic acids is 1. The van der Waals surface area contributed by atoms with E-state index in [0.717, 1.165) is 27.6 Å². The van der Waals surface area contributed by atoms with E-state index in [2.05, 4.69) is 5.32 Å². The summed E-state index contributed by atoms with van der Waals surface area (Å²) in [6.45, 7) is 0.151. The summed E-state index contributed by atoms with van der Waals surface area (Å²) in [5.41, 5.74) is 2.70. The third-order valence-corrected chi connectivity index (χ3v) is 9.31. The van der Waals surface area contributed by atoms with E-state index in [1.165, 1.54) is 36.4 Å². The Morgan fingerprint density at radius 1 is 0.864 bits per heavy atom.